The summed E-state index contributed by atoms with van der Waals surface area (Å²) in [5.74, 6) is 0. The number of aromatic nitrogens is 1. The van der Waals surface area contributed by atoms with Gasteiger partial charge in [0.05, 0.1) is 17.3 Å². The number of nitrogens with one attached hydrogen (secondary N) is 2. The van der Waals surface area contributed by atoms with Crippen LogP contribution in [0, 0.1) is 0 Å². The Balaban J connectivity index is 2.07. The van der Waals surface area contributed by atoms with Crippen molar-refractivity contribution in [1.29, 1.82) is 0 Å². The van der Waals surface area contributed by atoms with Crippen molar-refractivity contribution in [2.75, 3.05) is 5.32 Å². The second-order valence-corrected chi connectivity index (χ2v) is 4.64. The fraction of sp³-hybridized carbons (Fsp3) is 0.200. The van der Waals surface area contributed by atoms with Crippen LogP contribution >= 0.6 is 0 Å². The summed E-state index contributed by atoms with van der Waals surface area (Å²) in [6.07, 6.45) is -1.38. The van der Waals surface area contributed by atoms with Gasteiger partial charge in [-0.1, -0.05) is 12.1 Å². The molecular weight excluding hydrogens is 295 g/mol. The summed E-state index contributed by atoms with van der Waals surface area (Å²) in [7, 11) is 0. The average molecular weight is 309 g/mol. The zero-order valence-corrected chi connectivity index (χ0v) is 11.7. The summed E-state index contributed by atoms with van der Waals surface area (Å²) in [5.41, 5.74) is -0.370. The maximum absolute atomic E-state index is 12.8. The lowest BCUT2D eigenvalue weighted by Gasteiger charge is -2.17. The second-order valence-electron chi connectivity index (χ2n) is 4.64. The van der Waals surface area contributed by atoms with E-state index in [1.165, 1.54) is 18.2 Å². The zero-order chi connectivity index (χ0) is 16.2. The fourth-order valence-electron chi connectivity index (χ4n) is 1.93. The van der Waals surface area contributed by atoms with Crippen LogP contribution in [0.1, 0.15) is 24.1 Å². The van der Waals surface area contributed by atoms with E-state index in [-0.39, 0.29) is 11.7 Å². The maximum atomic E-state index is 12.8. The van der Waals surface area contributed by atoms with E-state index < -0.39 is 17.8 Å². The maximum Gasteiger partial charge on any atom is 0.418 e. The van der Waals surface area contributed by atoms with Crippen molar-refractivity contribution in [3.8, 4) is 0 Å². The highest BCUT2D eigenvalue weighted by Gasteiger charge is 2.33. The van der Waals surface area contributed by atoms with Gasteiger partial charge in [-0.15, -0.1) is 0 Å². The van der Waals surface area contributed by atoms with Crippen molar-refractivity contribution in [1.82, 2.24) is 10.3 Å². The predicted octanol–water partition coefficient (Wildman–Crippen LogP) is 3.98. The minimum Gasteiger partial charge on any atom is -0.331 e. The van der Waals surface area contributed by atoms with Gasteiger partial charge in [-0.2, -0.15) is 13.2 Å². The van der Waals surface area contributed by atoms with Crippen molar-refractivity contribution >= 4 is 11.7 Å². The molecule has 2 aromatic rings. The number of halogens is 3. The molecule has 1 aromatic heterocycles. The number of carbonyl (C=O) groups excluding carboxylic acids is 1. The van der Waals surface area contributed by atoms with Gasteiger partial charge in [-0.3, -0.25) is 4.98 Å². The molecule has 1 heterocycles. The average Bonchev–Trinajstić information content (AvgIpc) is 2.47. The van der Waals surface area contributed by atoms with Gasteiger partial charge in [0.2, 0.25) is 0 Å². The van der Waals surface area contributed by atoms with Crippen LogP contribution < -0.4 is 10.6 Å². The van der Waals surface area contributed by atoms with Crippen LogP contribution in [-0.4, -0.2) is 11.0 Å². The minimum absolute atomic E-state index is 0.283. The normalized spacial score (nSPS) is 12.5. The molecule has 116 valence electrons. The molecule has 4 nitrogen and oxygen atoms in total. The molecule has 0 fully saturated rings. The van der Waals surface area contributed by atoms with Gasteiger partial charge < -0.3 is 10.6 Å². The summed E-state index contributed by atoms with van der Waals surface area (Å²) in [5, 5.41) is 4.81. The summed E-state index contributed by atoms with van der Waals surface area (Å²) >= 11 is 0. The molecule has 2 amide bonds. The number of rotatable bonds is 3. The quantitative estimate of drug-likeness (QED) is 0.901. The number of anilines is 1. The molecule has 0 spiro atoms. The van der Waals surface area contributed by atoms with Crippen LogP contribution in [0.2, 0.25) is 0 Å². The molecule has 7 heteroatoms. The Morgan fingerprint density at radius 2 is 1.77 bits per heavy atom. The third-order valence-electron chi connectivity index (χ3n) is 3.03. The van der Waals surface area contributed by atoms with Gasteiger partial charge in [-0.05, 0) is 36.8 Å². The Kier molecular flexibility index (Phi) is 4.65. The summed E-state index contributed by atoms with van der Waals surface area (Å²) < 4.78 is 38.5. The summed E-state index contributed by atoms with van der Waals surface area (Å²) in [6, 6.07) is 7.19. The molecule has 0 aliphatic rings. The third kappa shape index (κ3) is 3.97. The molecule has 0 unspecified atom stereocenters. The van der Waals surface area contributed by atoms with Gasteiger partial charge in [0, 0.05) is 12.4 Å². The van der Waals surface area contributed by atoms with E-state index >= 15 is 0 Å². The number of hydrogen-bond donors (Lipinski definition) is 2. The number of benzene rings is 1. The lowest BCUT2D eigenvalue weighted by atomic mass is 10.1. The highest BCUT2D eigenvalue weighted by molar-refractivity contribution is 5.90. The van der Waals surface area contributed by atoms with E-state index in [2.05, 4.69) is 15.6 Å². The number of carbonyl (C=O) groups is 1. The van der Waals surface area contributed by atoms with Crippen LogP contribution in [0.25, 0.3) is 0 Å². The SMILES string of the molecule is C[C@@H](NC(=O)Nc1ccccc1C(F)(F)F)c1ccncc1. The first-order valence-electron chi connectivity index (χ1n) is 6.51. The second kappa shape index (κ2) is 6.46. The van der Waals surface area contributed by atoms with Crippen molar-refractivity contribution in [2.45, 2.75) is 19.1 Å². The first-order valence-corrected chi connectivity index (χ1v) is 6.51. The highest BCUT2D eigenvalue weighted by Crippen LogP contribution is 2.34. The molecule has 2 N–H and O–H groups in total. The van der Waals surface area contributed by atoms with Gasteiger partial charge in [-0.25, -0.2) is 4.79 Å². The first kappa shape index (κ1) is 15.8. The Morgan fingerprint density at radius 3 is 2.41 bits per heavy atom. The molecule has 22 heavy (non-hydrogen) atoms. The highest BCUT2D eigenvalue weighted by atomic mass is 19.4. The lowest BCUT2D eigenvalue weighted by molar-refractivity contribution is -0.136. The largest absolute Gasteiger partial charge is 0.418 e. The molecule has 0 bridgehead atoms. The molecule has 0 saturated carbocycles. The third-order valence-corrected chi connectivity index (χ3v) is 3.03. The number of hydrogen-bond acceptors (Lipinski definition) is 2. The lowest BCUT2D eigenvalue weighted by Crippen LogP contribution is -2.31. The molecule has 0 radical (unpaired) electrons. The molecular formula is C15H14F3N3O. The van der Waals surface area contributed by atoms with Crippen molar-refractivity contribution in [3.05, 3.63) is 59.9 Å². The zero-order valence-electron chi connectivity index (χ0n) is 11.7. The number of alkyl halides is 3. The number of nitrogens with zero attached hydrogens (tertiary/aromatic N) is 1. The van der Waals surface area contributed by atoms with Gasteiger partial charge in [0.1, 0.15) is 0 Å². The minimum atomic E-state index is -4.53. The van der Waals surface area contributed by atoms with Gasteiger partial charge in [0.15, 0.2) is 0 Å². The summed E-state index contributed by atoms with van der Waals surface area (Å²) in [6.45, 7) is 1.73. The van der Waals surface area contributed by atoms with E-state index in [0.717, 1.165) is 11.6 Å². The number of pyridine rings is 1. The first-order chi connectivity index (χ1) is 10.4. The molecule has 1 atom stereocenters. The van der Waals surface area contributed by atoms with E-state index in [1.807, 2.05) is 0 Å². The van der Waals surface area contributed by atoms with E-state index in [4.69, 9.17) is 0 Å². The standard InChI is InChI=1S/C15H14F3N3O/c1-10(11-6-8-19-9-7-11)20-14(22)21-13-5-3-2-4-12(13)15(16,17)18/h2-10H,1H3,(H2,20,21,22)/t10-/m1/s1. The molecule has 0 aliphatic carbocycles. The monoisotopic (exact) mass is 309 g/mol. The number of para-hydroxylation sites is 1. The Morgan fingerprint density at radius 1 is 1.14 bits per heavy atom. The summed E-state index contributed by atoms with van der Waals surface area (Å²) in [4.78, 5) is 15.7. The van der Waals surface area contributed by atoms with Crippen LogP contribution in [-0.2, 0) is 6.18 Å². The van der Waals surface area contributed by atoms with Crippen molar-refractivity contribution < 1.29 is 18.0 Å². The van der Waals surface area contributed by atoms with Crippen LogP contribution in [0.4, 0.5) is 23.7 Å². The van der Waals surface area contributed by atoms with E-state index in [1.54, 1.807) is 31.5 Å². The Labute approximate surface area is 125 Å². The van der Waals surface area contributed by atoms with Crippen LogP contribution in [0.3, 0.4) is 0 Å². The molecule has 1 aromatic carbocycles. The molecule has 0 saturated heterocycles. The number of urea groups is 1. The van der Waals surface area contributed by atoms with E-state index in [9.17, 15) is 18.0 Å². The Bertz CT molecular complexity index is 644. The fourth-order valence-corrected chi connectivity index (χ4v) is 1.93. The van der Waals surface area contributed by atoms with Crippen molar-refractivity contribution in [3.63, 3.8) is 0 Å². The topological polar surface area (TPSA) is 54.0 Å². The van der Waals surface area contributed by atoms with Gasteiger partial charge in [0.25, 0.3) is 0 Å². The molecule has 0 aliphatic heterocycles. The predicted molar refractivity (Wildman–Crippen MR) is 76.3 cm³/mol. The molecule has 2 rings (SSSR count). The van der Waals surface area contributed by atoms with E-state index in [0.29, 0.717) is 0 Å². The van der Waals surface area contributed by atoms with Crippen LogP contribution in [0.5, 0.6) is 0 Å². The van der Waals surface area contributed by atoms with Gasteiger partial charge >= 0.3 is 12.2 Å². The smallest absolute Gasteiger partial charge is 0.331 e. The van der Waals surface area contributed by atoms with Crippen LogP contribution in [0.15, 0.2) is 48.8 Å². The van der Waals surface area contributed by atoms with Crippen molar-refractivity contribution in [2.24, 2.45) is 0 Å². The number of amides is 2. The Hall–Kier alpha value is -2.57.